The molecule has 0 aliphatic carbocycles. The first kappa shape index (κ1) is 34.8. The van der Waals surface area contributed by atoms with Crippen LogP contribution in [0.3, 0.4) is 0 Å². The molecule has 4 nitrogen and oxygen atoms in total. The molecule has 2 heterocycles. The molecule has 9 rings (SSSR count). The van der Waals surface area contributed by atoms with E-state index >= 15 is 0 Å². The predicted molar refractivity (Wildman–Crippen MR) is 205 cm³/mol. The highest BCUT2D eigenvalue weighted by Crippen LogP contribution is 2.45. The molecule has 7 aromatic carbocycles. The van der Waals surface area contributed by atoms with Crippen LogP contribution < -0.4 is 4.90 Å². The predicted octanol–water partition coefficient (Wildman–Crippen LogP) is 12.6. The van der Waals surface area contributed by atoms with Crippen molar-refractivity contribution < 1.29 is 35.9 Å². The summed E-state index contributed by atoms with van der Waals surface area (Å²) in [6.07, 6.45) is -10.1. The molecule has 0 atom stereocenters. The molecule has 1 aliphatic rings. The molecule has 0 spiro atoms. The van der Waals surface area contributed by atoms with Gasteiger partial charge in [0.15, 0.2) is 0 Å². The van der Waals surface area contributed by atoms with Crippen molar-refractivity contribution >= 4 is 39.3 Å². The van der Waals surface area contributed by atoms with E-state index in [1.165, 1.54) is 12.1 Å². The average molecular weight is 753 g/mol. The van der Waals surface area contributed by atoms with Crippen LogP contribution in [0.5, 0.6) is 0 Å². The quantitative estimate of drug-likeness (QED) is 0.130. The lowest BCUT2D eigenvalue weighted by Crippen LogP contribution is -2.30. The Kier molecular flexibility index (Phi) is 7.98. The number of halogens is 6. The normalized spacial score (nSPS) is 13.2. The number of carbonyl (C=O) groups excluding carboxylic acids is 2. The number of hydrogen-bond donors (Lipinski definition) is 0. The highest BCUT2D eigenvalue weighted by atomic mass is 19.4. The molecule has 1 aromatic heterocycles. The number of amides is 2. The highest BCUT2D eigenvalue weighted by Gasteiger charge is 2.41. The maximum Gasteiger partial charge on any atom is 0.417 e. The second-order valence-electron chi connectivity index (χ2n) is 13.4. The van der Waals surface area contributed by atoms with E-state index in [9.17, 15) is 35.9 Å². The second-order valence-corrected chi connectivity index (χ2v) is 13.4. The molecule has 0 bridgehead atoms. The molecule has 10 heteroatoms. The Morgan fingerprint density at radius 3 is 1.79 bits per heavy atom. The largest absolute Gasteiger partial charge is 0.417 e. The van der Waals surface area contributed by atoms with Gasteiger partial charge in [0.1, 0.15) is 0 Å². The summed E-state index contributed by atoms with van der Waals surface area (Å²) >= 11 is 0. The van der Waals surface area contributed by atoms with Crippen molar-refractivity contribution in [2.75, 3.05) is 4.90 Å². The van der Waals surface area contributed by atoms with Crippen LogP contribution in [0.4, 0.5) is 32.0 Å². The molecular weight excluding hydrogens is 727 g/mol. The van der Waals surface area contributed by atoms with Gasteiger partial charge in [-0.25, -0.2) is 4.90 Å². The minimum Gasteiger partial charge on any atom is -0.308 e. The van der Waals surface area contributed by atoms with Crippen molar-refractivity contribution in [2.45, 2.75) is 12.4 Å². The van der Waals surface area contributed by atoms with Crippen molar-refractivity contribution in [3.8, 4) is 39.1 Å². The van der Waals surface area contributed by atoms with Crippen LogP contribution in [-0.4, -0.2) is 16.4 Å². The van der Waals surface area contributed by atoms with Gasteiger partial charge in [-0.05, 0) is 76.3 Å². The third-order valence-electron chi connectivity index (χ3n) is 10.2. The lowest BCUT2D eigenvalue weighted by Gasteiger charge is -2.20. The Bertz CT molecular complexity index is 2880. The highest BCUT2D eigenvalue weighted by molar-refractivity contribution is 6.36. The van der Waals surface area contributed by atoms with Crippen molar-refractivity contribution in [1.82, 2.24) is 4.57 Å². The van der Waals surface area contributed by atoms with Crippen LogP contribution >= 0.6 is 0 Å². The summed E-state index contributed by atoms with van der Waals surface area (Å²) in [7, 11) is 0. The number of rotatable bonds is 5. The molecule has 0 unspecified atom stereocenters. The van der Waals surface area contributed by atoms with E-state index in [4.69, 9.17) is 0 Å². The monoisotopic (exact) mass is 752 g/mol. The van der Waals surface area contributed by atoms with E-state index in [0.29, 0.717) is 44.8 Å². The van der Waals surface area contributed by atoms with E-state index in [1.54, 1.807) is 53.1 Å². The number of para-hydroxylation sites is 1. The lowest BCUT2D eigenvalue weighted by atomic mass is 9.96. The van der Waals surface area contributed by atoms with E-state index in [-0.39, 0.29) is 22.8 Å². The lowest BCUT2D eigenvalue weighted by molar-refractivity contribution is -0.142. The third kappa shape index (κ3) is 5.64. The van der Waals surface area contributed by atoms with Crippen molar-refractivity contribution in [3.05, 3.63) is 180 Å². The summed E-state index contributed by atoms with van der Waals surface area (Å²) in [5.41, 5.74) is 1.93. The molecule has 2 amide bonds. The zero-order valence-corrected chi connectivity index (χ0v) is 29.0. The fourth-order valence-electron chi connectivity index (χ4n) is 7.67. The first-order valence-electron chi connectivity index (χ1n) is 17.5. The average Bonchev–Trinajstić information content (AvgIpc) is 3.67. The minimum absolute atomic E-state index is 0.0187. The number of alkyl halides is 6. The molecule has 0 N–H and O–H groups in total. The van der Waals surface area contributed by atoms with Gasteiger partial charge < -0.3 is 4.57 Å². The Hall–Kier alpha value is -6.94. The van der Waals surface area contributed by atoms with E-state index in [2.05, 4.69) is 0 Å². The van der Waals surface area contributed by atoms with Gasteiger partial charge in [-0.2, -0.15) is 26.3 Å². The van der Waals surface area contributed by atoms with Gasteiger partial charge in [0, 0.05) is 16.3 Å². The Morgan fingerprint density at radius 1 is 0.411 bits per heavy atom. The number of imide groups is 1. The molecule has 1 aliphatic heterocycles. The first-order valence-corrected chi connectivity index (χ1v) is 17.5. The molecule has 0 fully saturated rings. The molecular formula is C46H26F6N2O2. The van der Waals surface area contributed by atoms with Crippen molar-refractivity contribution in [1.29, 1.82) is 0 Å². The number of aromatic nitrogens is 1. The Morgan fingerprint density at radius 2 is 1.07 bits per heavy atom. The maximum absolute atomic E-state index is 14.8. The minimum atomic E-state index is -5.09. The number of fused-ring (bicyclic) bond motifs is 4. The number of benzene rings is 7. The van der Waals surface area contributed by atoms with E-state index in [1.807, 2.05) is 78.9 Å². The molecule has 8 aromatic rings. The molecule has 0 radical (unpaired) electrons. The van der Waals surface area contributed by atoms with Crippen molar-refractivity contribution in [2.24, 2.45) is 0 Å². The number of anilines is 1. The molecule has 56 heavy (non-hydrogen) atoms. The van der Waals surface area contributed by atoms with Gasteiger partial charge in [0.2, 0.25) is 0 Å². The summed E-state index contributed by atoms with van der Waals surface area (Å²) < 4.78 is 85.3. The third-order valence-corrected chi connectivity index (χ3v) is 10.2. The van der Waals surface area contributed by atoms with Gasteiger partial charge in [0.25, 0.3) is 11.8 Å². The Balaban J connectivity index is 1.23. The summed E-state index contributed by atoms with van der Waals surface area (Å²) in [6, 6.07) is 42.8. The maximum atomic E-state index is 14.8. The fourth-order valence-corrected chi connectivity index (χ4v) is 7.67. The topological polar surface area (TPSA) is 42.3 Å². The van der Waals surface area contributed by atoms with Crippen LogP contribution in [0.2, 0.25) is 0 Å². The number of carbonyl (C=O) groups is 2. The van der Waals surface area contributed by atoms with Gasteiger partial charge >= 0.3 is 12.4 Å². The summed E-state index contributed by atoms with van der Waals surface area (Å²) in [6.45, 7) is 0. The summed E-state index contributed by atoms with van der Waals surface area (Å²) in [4.78, 5) is 30.3. The van der Waals surface area contributed by atoms with Gasteiger partial charge in [-0.3, -0.25) is 9.59 Å². The second kappa shape index (κ2) is 12.8. The summed E-state index contributed by atoms with van der Waals surface area (Å²) in [5.74, 6) is -1.13. The van der Waals surface area contributed by atoms with Gasteiger partial charge in [0.05, 0.1) is 44.7 Å². The van der Waals surface area contributed by atoms with Crippen LogP contribution in [-0.2, 0) is 12.4 Å². The van der Waals surface area contributed by atoms with Gasteiger partial charge in [-0.1, -0.05) is 109 Å². The SMILES string of the molecule is O=C1c2cccc(-n3c4ccccc4c4ccc(-c5ccc(C(F)(F)F)cc5C(F)(F)F)cc43)c2C(=O)N1c1ccc(-c2ccccc2)cc1-c1ccccc1. The van der Waals surface area contributed by atoms with Gasteiger partial charge in [-0.15, -0.1) is 0 Å². The summed E-state index contributed by atoms with van der Waals surface area (Å²) in [5, 5.41) is 1.34. The molecule has 274 valence electrons. The number of nitrogens with zero attached hydrogens (tertiary/aromatic N) is 2. The van der Waals surface area contributed by atoms with Crippen LogP contribution in [0, 0.1) is 0 Å². The number of hydrogen-bond acceptors (Lipinski definition) is 2. The standard InChI is InChI=1S/C46H26F6N2O2/c47-45(48,49)31-20-22-32(37(26-31)46(50,51)52)30-18-21-34-33-14-7-8-16-38(33)53(41(34)25-30)40-17-9-15-35-42(40)44(56)54(43(35)55)39-23-19-29(27-10-3-1-4-11-27)24-36(39)28-12-5-2-6-13-28/h1-26H. The zero-order valence-electron chi connectivity index (χ0n) is 29.0. The van der Waals surface area contributed by atoms with E-state index < -0.39 is 40.9 Å². The smallest absolute Gasteiger partial charge is 0.308 e. The molecule has 0 saturated carbocycles. The van der Waals surface area contributed by atoms with Crippen LogP contribution in [0.15, 0.2) is 158 Å². The van der Waals surface area contributed by atoms with Crippen LogP contribution in [0.25, 0.3) is 60.9 Å². The molecule has 0 saturated heterocycles. The first-order chi connectivity index (χ1) is 26.9. The van der Waals surface area contributed by atoms with Crippen LogP contribution in [0.1, 0.15) is 31.8 Å². The van der Waals surface area contributed by atoms with E-state index in [0.717, 1.165) is 27.7 Å². The zero-order chi connectivity index (χ0) is 38.9. The van der Waals surface area contributed by atoms with Crippen molar-refractivity contribution in [3.63, 3.8) is 0 Å². The Labute approximate surface area is 315 Å². The fraction of sp³-hybridized carbons (Fsp3) is 0.0435.